The monoisotopic (exact) mass is 598 g/mol. The van der Waals surface area contributed by atoms with Crippen LogP contribution in [0.3, 0.4) is 0 Å². The van der Waals surface area contributed by atoms with E-state index in [1.807, 2.05) is 12.1 Å². The van der Waals surface area contributed by atoms with Crippen molar-refractivity contribution in [3.05, 3.63) is 71.8 Å². The number of carbonyl (C=O) groups is 2. The first-order valence-corrected chi connectivity index (χ1v) is 15.9. The molecule has 0 saturated heterocycles. The van der Waals surface area contributed by atoms with Gasteiger partial charge in [-0.05, 0) is 90.8 Å². The fourth-order valence-corrected chi connectivity index (χ4v) is 5.22. The third-order valence-electron chi connectivity index (χ3n) is 6.73. The number of aliphatic carboxylic acids is 2. The zero-order chi connectivity index (χ0) is 30.5. The van der Waals surface area contributed by atoms with Crippen LogP contribution in [0.4, 0.5) is 0 Å². The number of carboxylic acid groups (broad SMARTS) is 2. The van der Waals surface area contributed by atoms with Gasteiger partial charge in [-0.1, -0.05) is 37.1 Å². The summed E-state index contributed by atoms with van der Waals surface area (Å²) in [5, 5.41) is 27.6. The summed E-state index contributed by atoms with van der Waals surface area (Å²) in [6.07, 6.45) is 6.09. The molecule has 0 atom stereocenters. The second-order valence-electron chi connectivity index (χ2n) is 10.2. The molecule has 0 fully saturated rings. The number of hydrogen-bond donors (Lipinski definition) is 3. The van der Waals surface area contributed by atoms with Crippen molar-refractivity contribution in [1.82, 2.24) is 0 Å². The van der Waals surface area contributed by atoms with E-state index in [4.69, 9.17) is 14.6 Å². The molecule has 9 nitrogen and oxygen atoms in total. The number of ether oxygens (including phenoxy) is 2. The van der Waals surface area contributed by atoms with E-state index in [1.54, 1.807) is 42.5 Å². The maximum Gasteiger partial charge on any atom is 0.303 e. The van der Waals surface area contributed by atoms with Crippen LogP contribution in [0.1, 0.15) is 56.1 Å². The highest BCUT2D eigenvalue weighted by molar-refractivity contribution is 7.90. The molecule has 3 N–H and O–H groups in total. The molecule has 0 heterocycles. The van der Waals surface area contributed by atoms with Crippen LogP contribution < -0.4 is 9.47 Å². The summed E-state index contributed by atoms with van der Waals surface area (Å²) in [5.41, 5.74) is 3.33. The fourth-order valence-electron chi connectivity index (χ4n) is 4.55. The van der Waals surface area contributed by atoms with E-state index >= 15 is 0 Å². The molecule has 0 unspecified atom stereocenters. The van der Waals surface area contributed by atoms with Crippen LogP contribution in [0.25, 0.3) is 11.1 Å². The smallest absolute Gasteiger partial charge is 0.303 e. The molecule has 42 heavy (non-hydrogen) atoms. The van der Waals surface area contributed by atoms with Crippen LogP contribution in [0.2, 0.25) is 0 Å². The van der Waals surface area contributed by atoms with Crippen molar-refractivity contribution >= 4 is 21.8 Å². The van der Waals surface area contributed by atoms with Gasteiger partial charge in [0, 0.05) is 19.1 Å². The minimum atomic E-state index is -3.45. The number of carboxylic acids is 2. The molecule has 0 aliphatic rings. The van der Waals surface area contributed by atoms with Crippen LogP contribution in [0.15, 0.2) is 65.6 Å². The van der Waals surface area contributed by atoms with Gasteiger partial charge in [-0.2, -0.15) is 0 Å². The summed E-state index contributed by atoms with van der Waals surface area (Å²) >= 11 is 0. The van der Waals surface area contributed by atoms with Crippen LogP contribution in [-0.2, 0) is 32.3 Å². The quantitative estimate of drug-likeness (QED) is 0.152. The average molecular weight is 599 g/mol. The fraction of sp³-hybridized carbons (Fsp3) is 0.375. The number of hydrogen-bond acceptors (Lipinski definition) is 7. The molecule has 3 aromatic carbocycles. The normalized spacial score (nSPS) is 11.3. The van der Waals surface area contributed by atoms with Crippen molar-refractivity contribution < 1.29 is 42.8 Å². The summed E-state index contributed by atoms with van der Waals surface area (Å²) in [6, 6.07) is 17.1. The molecule has 3 rings (SSSR count). The molecule has 10 heteroatoms. The first-order valence-electron chi connectivity index (χ1n) is 14.0. The Kier molecular flexibility index (Phi) is 12.2. The third kappa shape index (κ3) is 10.7. The van der Waals surface area contributed by atoms with Crippen LogP contribution in [0, 0.1) is 0 Å². The SMILES string of the molecule is CS(=O)(=O)c1cc(OCCCCCCc2cccc(OCCCC(=O)O)c2CCC(=O)O)cc(-c2ccc(O)cc2)c1. The largest absolute Gasteiger partial charge is 0.508 e. The Morgan fingerprint density at radius 2 is 1.43 bits per heavy atom. The first-order chi connectivity index (χ1) is 20.0. The summed E-state index contributed by atoms with van der Waals surface area (Å²) in [4.78, 5) is 22.1. The summed E-state index contributed by atoms with van der Waals surface area (Å²) in [7, 11) is -3.45. The lowest BCUT2D eigenvalue weighted by Gasteiger charge is -2.15. The lowest BCUT2D eigenvalue weighted by molar-refractivity contribution is -0.138. The van der Waals surface area contributed by atoms with Gasteiger partial charge in [-0.15, -0.1) is 0 Å². The highest BCUT2D eigenvalue weighted by Gasteiger charge is 2.14. The van der Waals surface area contributed by atoms with Crippen LogP contribution >= 0.6 is 0 Å². The molecule has 0 spiro atoms. The molecule has 0 saturated carbocycles. The van der Waals surface area contributed by atoms with Crippen molar-refractivity contribution in [2.75, 3.05) is 19.5 Å². The number of phenols is 1. The van der Waals surface area contributed by atoms with Gasteiger partial charge < -0.3 is 24.8 Å². The van der Waals surface area contributed by atoms with E-state index < -0.39 is 21.8 Å². The third-order valence-corrected chi connectivity index (χ3v) is 7.82. The van der Waals surface area contributed by atoms with E-state index in [0.717, 1.165) is 55.1 Å². The molecule has 226 valence electrons. The molecule has 0 aliphatic heterocycles. The Balaban J connectivity index is 1.53. The molecule has 0 radical (unpaired) electrons. The zero-order valence-electron chi connectivity index (χ0n) is 23.8. The Morgan fingerprint density at radius 1 is 0.738 bits per heavy atom. The van der Waals surface area contributed by atoms with Gasteiger partial charge >= 0.3 is 11.9 Å². The Labute approximate surface area is 246 Å². The van der Waals surface area contributed by atoms with Crippen molar-refractivity contribution in [2.24, 2.45) is 0 Å². The van der Waals surface area contributed by atoms with E-state index in [1.165, 1.54) is 6.07 Å². The van der Waals surface area contributed by atoms with E-state index in [2.05, 4.69) is 0 Å². The molecule has 0 aromatic heterocycles. The average Bonchev–Trinajstić information content (AvgIpc) is 2.93. The highest BCUT2D eigenvalue weighted by Crippen LogP contribution is 2.30. The molecule has 0 bridgehead atoms. The zero-order valence-corrected chi connectivity index (χ0v) is 24.6. The molecule has 0 amide bonds. The van der Waals surface area contributed by atoms with Crippen LogP contribution in [-0.4, -0.2) is 55.1 Å². The number of rotatable bonds is 18. The summed E-state index contributed by atoms with van der Waals surface area (Å²) in [5.74, 6) is -0.580. The molecular formula is C32H38O9S. The maximum atomic E-state index is 12.2. The van der Waals surface area contributed by atoms with Crippen molar-refractivity contribution in [2.45, 2.75) is 62.7 Å². The summed E-state index contributed by atoms with van der Waals surface area (Å²) < 4.78 is 36.2. The number of unbranched alkanes of at least 4 members (excludes halogenated alkanes) is 3. The van der Waals surface area contributed by atoms with Crippen LogP contribution in [0.5, 0.6) is 17.2 Å². The van der Waals surface area contributed by atoms with Gasteiger partial charge in [0.1, 0.15) is 17.2 Å². The maximum absolute atomic E-state index is 12.2. The van der Waals surface area contributed by atoms with Crippen molar-refractivity contribution in [3.63, 3.8) is 0 Å². The minimum absolute atomic E-state index is 0.0105. The molecule has 3 aromatic rings. The van der Waals surface area contributed by atoms with Crippen molar-refractivity contribution in [3.8, 4) is 28.4 Å². The van der Waals surface area contributed by atoms with E-state index in [-0.39, 0.29) is 30.1 Å². The number of aryl methyl sites for hydroxylation is 1. The van der Waals surface area contributed by atoms with Gasteiger partial charge in [-0.3, -0.25) is 9.59 Å². The lowest BCUT2D eigenvalue weighted by atomic mass is 9.97. The predicted molar refractivity (Wildman–Crippen MR) is 159 cm³/mol. The van der Waals surface area contributed by atoms with Gasteiger partial charge in [0.25, 0.3) is 0 Å². The van der Waals surface area contributed by atoms with Gasteiger partial charge in [0.15, 0.2) is 9.84 Å². The van der Waals surface area contributed by atoms with Gasteiger partial charge in [-0.25, -0.2) is 8.42 Å². The number of benzene rings is 3. The first kappa shape index (κ1) is 32.5. The number of aromatic hydroxyl groups is 1. The van der Waals surface area contributed by atoms with E-state index in [0.29, 0.717) is 36.5 Å². The molecule has 0 aliphatic carbocycles. The molecular weight excluding hydrogens is 560 g/mol. The Morgan fingerprint density at radius 3 is 2.12 bits per heavy atom. The highest BCUT2D eigenvalue weighted by atomic mass is 32.2. The second kappa shape index (κ2) is 15.8. The Hall–Kier alpha value is -4.05. The van der Waals surface area contributed by atoms with E-state index in [9.17, 15) is 28.2 Å². The lowest BCUT2D eigenvalue weighted by Crippen LogP contribution is -2.07. The minimum Gasteiger partial charge on any atom is -0.508 e. The standard InChI is InChI=1S/C32H38O9S/c1-42(38,39)28-21-25(23-12-14-26(33)15-13-23)20-27(22-28)40-18-5-3-2-4-8-24-9-6-10-30(29(24)16-17-32(36)37)41-19-7-11-31(34)35/h6,9-10,12-15,20-22,33H,2-5,7-8,11,16-19H2,1H3,(H,34,35)(H,36,37). The number of phenolic OH excluding ortho intramolecular Hbond substituents is 1. The number of sulfone groups is 1. The van der Waals surface area contributed by atoms with Gasteiger partial charge in [0.05, 0.1) is 18.1 Å². The second-order valence-corrected chi connectivity index (χ2v) is 12.2. The van der Waals surface area contributed by atoms with Gasteiger partial charge in [0.2, 0.25) is 0 Å². The summed E-state index contributed by atoms with van der Waals surface area (Å²) in [6.45, 7) is 0.672. The Bertz CT molecular complexity index is 1450. The predicted octanol–water partition coefficient (Wildman–Crippen LogP) is 5.91. The van der Waals surface area contributed by atoms with Crippen molar-refractivity contribution in [1.29, 1.82) is 0 Å². The topological polar surface area (TPSA) is 147 Å².